The molecule has 1 rings (SSSR count). The first-order valence-electron chi connectivity index (χ1n) is 5.17. The quantitative estimate of drug-likeness (QED) is 0.648. The Bertz CT molecular complexity index is 190. The van der Waals surface area contributed by atoms with Crippen LogP contribution in [0.3, 0.4) is 0 Å². The third kappa shape index (κ3) is 2.96. The van der Waals surface area contributed by atoms with Gasteiger partial charge in [-0.25, -0.2) is 0 Å². The van der Waals surface area contributed by atoms with Crippen molar-refractivity contribution in [2.45, 2.75) is 26.3 Å². The predicted octanol–water partition coefficient (Wildman–Crippen LogP) is 0.252. The molecule has 1 aliphatic rings. The highest BCUT2D eigenvalue weighted by Gasteiger charge is 2.30. The summed E-state index contributed by atoms with van der Waals surface area (Å²) in [5.74, 6) is 0.270. The van der Waals surface area contributed by atoms with Gasteiger partial charge in [0, 0.05) is 31.7 Å². The number of ether oxygens (including phenoxy) is 1. The van der Waals surface area contributed by atoms with E-state index in [2.05, 4.69) is 4.90 Å². The molecule has 0 spiro atoms. The van der Waals surface area contributed by atoms with Gasteiger partial charge in [-0.15, -0.1) is 0 Å². The number of hydrogen-bond donors (Lipinski definition) is 1. The van der Waals surface area contributed by atoms with E-state index < -0.39 is 0 Å². The Balaban J connectivity index is 2.16. The molecule has 4 heteroatoms. The number of rotatable bonds is 5. The molecule has 1 unspecified atom stereocenters. The maximum absolute atomic E-state index is 11.2. The average molecular weight is 201 g/mol. The van der Waals surface area contributed by atoms with Gasteiger partial charge in [0.2, 0.25) is 0 Å². The number of aliphatic hydroxyl groups is 1. The lowest BCUT2D eigenvalue weighted by Gasteiger charge is -2.42. The molecule has 0 radical (unpaired) electrons. The highest BCUT2D eigenvalue weighted by molar-refractivity contribution is 5.70. The number of hydrogen-bond acceptors (Lipinski definition) is 4. The zero-order chi connectivity index (χ0) is 10.6. The van der Waals surface area contributed by atoms with Crippen LogP contribution in [0.2, 0.25) is 0 Å². The van der Waals surface area contributed by atoms with Gasteiger partial charge in [0.05, 0.1) is 13.0 Å². The van der Waals surface area contributed by atoms with Gasteiger partial charge in [0.25, 0.3) is 0 Å². The van der Waals surface area contributed by atoms with E-state index in [1.807, 2.05) is 13.8 Å². The van der Waals surface area contributed by atoms with Crippen molar-refractivity contribution in [1.29, 1.82) is 0 Å². The topological polar surface area (TPSA) is 49.8 Å². The highest BCUT2D eigenvalue weighted by atomic mass is 16.5. The Morgan fingerprint density at radius 2 is 2.29 bits per heavy atom. The van der Waals surface area contributed by atoms with Crippen LogP contribution in [0.1, 0.15) is 20.3 Å². The second-order valence-corrected chi connectivity index (χ2v) is 3.86. The van der Waals surface area contributed by atoms with E-state index in [9.17, 15) is 4.79 Å². The molecule has 1 fully saturated rings. The minimum absolute atomic E-state index is 0.132. The molecule has 1 heterocycles. The molecular weight excluding hydrogens is 182 g/mol. The van der Waals surface area contributed by atoms with Crippen molar-refractivity contribution in [1.82, 2.24) is 4.90 Å². The Morgan fingerprint density at radius 1 is 1.64 bits per heavy atom. The molecule has 0 aliphatic carbocycles. The summed E-state index contributed by atoms with van der Waals surface area (Å²) < 4.78 is 4.87. The zero-order valence-electron chi connectivity index (χ0n) is 8.90. The van der Waals surface area contributed by atoms with E-state index in [1.165, 1.54) is 0 Å². The lowest BCUT2D eigenvalue weighted by Crippen LogP contribution is -2.52. The van der Waals surface area contributed by atoms with Crippen LogP contribution in [0.4, 0.5) is 0 Å². The predicted molar refractivity (Wildman–Crippen MR) is 52.9 cm³/mol. The Labute approximate surface area is 84.8 Å². The number of nitrogens with zero attached hydrogens (tertiary/aromatic N) is 1. The first kappa shape index (κ1) is 11.5. The van der Waals surface area contributed by atoms with E-state index in [0.29, 0.717) is 18.9 Å². The molecule has 4 nitrogen and oxygen atoms in total. The van der Waals surface area contributed by atoms with E-state index in [0.717, 1.165) is 13.1 Å². The molecule has 1 N–H and O–H groups in total. The molecular formula is C10H19NO3. The molecule has 14 heavy (non-hydrogen) atoms. The van der Waals surface area contributed by atoms with E-state index in [4.69, 9.17) is 9.84 Å². The van der Waals surface area contributed by atoms with Gasteiger partial charge < -0.3 is 9.84 Å². The summed E-state index contributed by atoms with van der Waals surface area (Å²) in [6.45, 7) is 6.33. The molecule has 0 bridgehead atoms. The maximum atomic E-state index is 11.2. The van der Waals surface area contributed by atoms with E-state index in [-0.39, 0.29) is 18.6 Å². The SMILES string of the molecule is CCOC(=O)CC(C)N1CC(CO)C1. The van der Waals surface area contributed by atoms with Crippen molar-refractivity contribution in [2.75, 3.05) is 26.3 Å². The van der Waals surface area contributed by atoms with E-state index in [1.54, 1.807) is 0 Å². The molecule has 1 saturated heterocycles. The summed E-state index contributed by atoms with van der Waals surface area (Å²) in [7, 11) is 0. The molecule has 0 saturated carbocycles. The first-order chi connectivity index (χ1) is 6.67. The molecule has 0 aromatic carbocycles. The van der Waals surface area contributed by atoms with Crippen LogP contribution in [0.5, 0.6) is 0 Å². The van der Waals surface area contributed by atoms with Gasteiger partial charge in [-0.3, -0.25) is 9.69 Å². The van der Waals surface area contributed by atoms with Gasteiger partial charge in [0.1, 0.15) is 0 Å². The standard InChI is InChI=1S/C10H19NO3/c1-3-14-10(13)4-8(2)11-5-9(6-11)7-12/h8-9,12H,3-7H2,1-2H3. The molecule has 82 valence electrons. The Kier molecular flexibility index (Phi) is 4.35. The van der Waals surface area contributed by atoms with Crippen LogP contribution >= 0.6 is 0 Å². The summed E-state index contributed by atoms with van der Waals surface area (Å²) in [5.41, 5.74) is 0. The van der Waals surface area contributed by atoms with Crippen molar-refractivity contribution in [2.24, 2.45) is 5.92 Å². The zero-order valence-corrected chi connectivity index (χ0v) is 8.90. The summed E-state index contributed by atoms with van der Waals surface area (Å²) in [4.78, 5) is 13.3. The third-order valence-electron chi connectivity index (χ3n) is 2.63. The van der Waals surface area contributed by atoms with Crippen molar-refractivity contribution in [3.8, 4) is 0 Å². The van der Waals surface area contributed by atoms with Crippen molar-refractivity contribution < 1.29 is 14.6 Å². The van der Waals surface area contributed by atoms with Gasteiger partial charge >= 0.3 is 5.97 Å². The second-order valence-electron chi connectivity index (χ2n) is 3.86. The lowest BCUT2D eigenvalue weighted by molar-refractivity contribution is -0.145. The van der Waals surface area contributed by atoms with Crippen LogP contribution in [0.15, 0.2) is 0 Å². The van der Waals surface area contributed by atoms with Crippen LogP contribution in [-0.4, -0.2) is 48.3 Å². The van der Waals surface area contributed by atoms with Gasteiger partial charge in [-0.2, -0.15) is 0 Å². The van der Waals surface area contributed by atoms with E-state index >= 15 is 0 Å². The fraction of sp³-hybridized carbons (Fsp3) is 0.900. The monoisotopic (exact) mass is 201 g/mol. The fourth-order valence-corrected chi connectivity index (χ4v) is 1.68. The highest BCUT2D eigenvalue weighted by Crippen LogP contribution is 2.19. The number of carbonyl (C=O) groups is 1. The van der Waals surface area contributed by atoms with Crippen molar-refractivity contribution in [3.05, 3.63) is 0 Å². The minimum atomic E-state index is -0.132. The first-order valence-corrected chi connectivity index (χ1v) is 5.17. The number of esters is 1. The Hall–Kier alpha value is -0.610. The Morgan fingerprint density at radius 3 is 2.79 bits per heavy atom. The molecule has 1 aliphatic heterocycles. The van der Waals surface area contributed by atoms with Gasteiger partial charge in [-0.05, 0) is 13.8 Å². The van der Waals surface area contributed by atoms with Crippen LogP contribution in [0, 0.1) is 5.92 Å². The van der Waals surface area contributed by atoms with Crippen LogP contribution in [0.25, 0.3) is 0 Å². The smallest absolute Gasteiger partial charge is 0.307 e. The third-order valence-corrected chi connectivity index (χ3v) is 2.63. The molecule has 0 amide bonds. The van der Waals surface area contributed by atoms with Gasteiger partial charge in [-0.1, -0.05) is 0 Å². The molecule has 0 aromatic rings. The van der Waals surface area contributed by atoms with Crippen LogP contribution < -0.4 is 0 Å². The van der Waals surface area contributed by atoms with Gasteiger partial charge in [0.15, 0.2) is 0 Å². The normalized spacial score (nSPS) is 20.2. The largest absolute Gasteiger partial charge is 0.466 e. The number of carbonyl (C=O) groups excluding carboxylic acids is 1. The number of likely N-dealkylation sites (tertiary alicyclic amines) is 1. The lowest BCUT2D eigenvalue weighted by atomic mass is 9.98. The maximum Gasteiger partial charge on any atom is 0.307 e. The number of aliphatic hydroxyl groups excluding tert-OH is 1. The second kappa shape index (κ2) is 5.32. The summed E-state index contributed by atoms with van der Waals surface area (Å²) in [6.07, 6.45) is 0.450. The minimum Gasteiger partial charge on any atom is -0.466 e. The summed E-state index contributed by atoms with van der Waals surface area (Å²) >= 11 is 0. The molecule has 0 aromatic heterocycles. The fourth-order valence-electron chi connectivity index (χ4n) is 1.68. The summed E-state index contributed by atoms with van der Waals surface area (Å²) in [5, 5.41) is 8.83. The van der Waals surface area contributed by atoms with Crippen molar-refractivity contribution in [3.63, 3.8) is 0 Å². The molecule has 1 atom stereocenters. The average Bonchev–Trinajstić information content (AvgIpc) is 2.02. The van der Waals surface area contributed by atoms with Crippen LogP contribution in [-0.2, 0) is 9.53 Å². The van der Waals surface area contributed by atoms with Crippen molar-refractivity contribution >= 4 is 5.97 Å². The summed E-state index contributed by atoms with van der Waals surface area (Å²) in [6, 6.07) is 0.233.